The van der Waals surface area contributed by atoms with Crippen molar-refractivity contribution in [3.8, 4) is 0 Å². The first-order valence-electron chi connectivity index (χ1n) is 8.64. The Balaban J connectivity index is 2.96. The molecular weight excluding hydrogens is 248 g/mol. The molecular formula is C16H38N4. The first-order valence-corrected chi connectivity index (χ1v) is 8.64. The van der Waals surface area contributed by atoms with Crippen LogP contribution in [0.4, 0.5) is 0 Å². The van der Waals surface area contributed by atoms with Gasteiger partial charge in [0.1, 0.15) is 0 Å². The molecule has 0 amide bonds. The van der Waals surface area contributed by atoms with Crippen LogP contribution in [-0.2, 0) is 0 Å². The molecule has 0 heterocycles. The zero-order valence-electron chi connectivity index (χ0n) is 14.1. The number of rotatable bonds is 16. The minimum atomic E-state index is 0.807. The highest BCUT2D eigenvalue weighted by Crippen LogP contribution is 1.96. The molecule has 0 unspecified atom stereocenters. The van der Waals surface area contributed by atoms with E-state index >= 15 is 0 Å². The van der Waals surface area contributed by atoms with Crippen molar-refractivity contribution in [2.24, 2.45) is 5.92 Å². The molecule has 0 aliphatic carbocycles. The molecule has 122 valence electrons. The molecule has 0 aliphatic heterocycles. The van der Waals surface area contributed by atoms with E-state index in [2.05, 4.69) is 42.0 Å². The van der Waals surface area contributed by atoms with Crippen LogP contribution >= 0.6 is 0 Å². The van der Waals surface area contributed by atoms with Crippen LogP contribution in [0.3, 0.4) is 0 Å². The molecule has 0 saturated carbocycles. The van der Waals surface area contributed by atoms with Gasteiger partial charge in [0.15, 0.2) is 0 Å². The van der Waals surface area contributed by atoms with E-state index in [0.717, 1.165) is 58.3 Å². The van der Waals surface area contributed by atoms with Crippen molar-refractivity contribution in [2.45, 2.75) is 46.5 Å². The topological polar surface area (TPSA) is 48.1 Å². The lowest BCUT2D eigenvalue weighted by Gasteiger charge is -2.10. The quantitative estimate of drug-likeness (QED) is 0.325. The molecule has 0 radical (unpaired) electrons. The van der Waals surface area contributed by atoms with Crippen molar-refractivity contribution in [1.29, 1.82) is 0 Å². The van der Waals surface area contributed by atoms with Crippen LogP contribution in [-0.4, -0.2) is 52.4 Å². The van der Waals surface area contributed by atoms with E-state index in [4.69, 9.17) is 0 Å². The first kappa shape index (κ1) is 19.8. The highest BCUT2D eigenvalue weighted by Gasteiger charge is 1.96. The molecule has 0 rings (SSSR count). The van der Waals surface area contributed by atoms with Crippen molar-refractivity contribution >= 4 is 0 Å². The third-order valence-electron chi connectivity index (χ3n) is 3.56. The lowest BCUT2D eigenvalue weighted by atomic mass is 10.1. The van der Waals surface area contributed by atoms with E-state index in [1.54, 1.807) is 0 Å². The number of nitrogens with one attached hydrogen (secondary N) is 4. The fourth-order valence-corrected chi connectivity index (χ4v) is 1.93. The van der Waals surface area contributed by atoms with Crippen LogP contribution < -0.4 is 21.3 Å². The van der Waals surface area contributed by atoms with Gasteiger partial charge in [0.25, 0.3) is 0 Å². The van der Waals surface area contributed by atoms with E-state index in [-0.39, 0.29) is 0 Å². The summed E-state index contributed by atoms with van der Waals surface area (Å²) in [6.07, 6.45) is 4.95. The molecule has 0 fully saturated rings. The summed E-state index contributed by atoms with van der Waals surface area (Å²) in [5.41, 5.74) is 0. The molecule has 0 saturated heterocycles. The maximum Gasteiger partial charge on any atom is -0.00232 e. The Morgan fingerprint density at radius 3 is 1.55 bits per heavy atom. The zero-order chi connectivity index (χ0) is 14.9. The fourth-order valence-electron chi connectivity index (χ4n) is 1.93. The molecule has 0 spiro atoms. The van der Waals surface area contributed by atoms with Crippen LogP contribution in [0, 0.1) is 5.92 Å². The molecule has 0 aromatic heterocycles. The molecule has 20 heavy (non-hydrogen) atoms. The lowest BCUT2D eigenvalue weighted by Crippen LogP contribution is -2.27. The fraction of sp³-hybridized carbons (Fsp3) is 1.00. The van der Waals surface area contributed by atoms with Crippen LogP contribution in [0.25, 0.3) is 0 Å². The third-order valence-corrected chi connectivity index (χ3v) is 3.56. The van der Waals surface area contributed by atoms with Crippen molar-refractivity contribution in [1.82, 2.24) is 21.3 Å². The Kier molecular flexibility index (Phi) is 16.8. The van der Waals surface area contributed by atoms with Gasteiger partial charge < -0.3 is 21.3 Å². The van der Waals surface area contributed by atoms with Gasteiger partial charge >= 0.3 is 0 Å². The SMILES string of the molecule is CCNCCCNCCCNCCCNC[C@@H](C)CC. The van der Waals surface area contributed by atoms with Crippen molar-refractivity contribution in [3.63, 3.8) is 0 Å². The Morgan fingerprint density at radius 1 is 0.650 bits per heavy atom. The summed E-state index contributed by atoms with van der Waals surface area (Å²) in [7, 11) is 0. The van der Waals surface area contributed by atoms with Gasteiger partial charge in [0.05, 0.1) is 0 Å². The standard InChI is InChI=1S/C16H38N4/c1-4-16(3)15-20-14-8-13-19-12-7-11-18-10-6-9-17-5-2/h16-20H,4-15H2,1-3H3/t16-/m0/s1. The van der Waals surface area contributed by atoms with Crippen LogP contribution in [0.1, 0.15) is 46.5 Å². The molecule has 4 N–H and O–H groups in total. The number of hydrogen-bond donors (Lipinski definition) is 4. The minimum absolute atomic E-state index is 0.807. The minimum Gasteiger partial charge on any atom is -0.317 e. The molecule has 0 aliphatic rings. The summed E-state index contributed by atoms with van der Waals surface area (Å²) in [5.74, 6) is 0.807. The maximum absolute atomic E-state index is 3.51. The average Bonchev–Trinajstić information content (AvgIpc) is 2.47. The monoisotopic (exact) mass is 286 g/mol. The van der Waals surface area contributed by atoms with Crippen LogP contribution in [0.5, 0.6) is 0 Å². The van der Waals surface area contributed by atoms with Crippen molar-refractivity contribution in [3.05, 3.63) is 0 Å². The van der Waals surface area contributed by atoms with Gasteiger partial charge in [-0.2, -0.15) is 0 Å². The summed E-state index contributed by atoms with van der Waals surface area (Å²) < 4.78 is 0. The van der Waals surface area contributed by atoms with E-state index in [1.807, 2.05) is 0 Å². The second-order valence-electron chi connectivity index (χ2n) is 5.63. The second-order valence-corrected chi connectivity index (χ2v) is 5.63. The first-order chi connectivity index (χ1) is 9.81. The Hall–Kier alpha value is -0.160. The normalized spacial score (nSPS) is 12.8. The summed E-state index contributed by atoms with van der Waals surface area (Å²) in [6.45, 7) is 15.7. The van der Waals surface area contributed by atoms with Gasteiger partial charge in [-0.1, -0.05) is 27.2 Å². The zero-order valence-corrected chi connectivity index (χ0v) is 14.1. The predicted octanol–water partition coefficient (Wildman–Crippen LogP) is 1.58. The summed E-state index contributed by atoms with van der Waals surface area (Å²) in [5, 5.41) is 13.8. The molecule has 1 atom stereocenters. The molecule has 0 aromatic carbocycles. The number of hydrogen-bond acceptors (Lipinski definition) is 4. The smallest absolute Gasteiger partial charge is 0.00232 e. The Labute approximate surface area is 126 Å². The van der Waals surface area contributed by atoms with E-state index in [0.29, 0.717) is 0 Å². The van der Waals surface area contributed by atoms with Gasteiger partial charge in [0, 0.05) is 0 Å². The van der Waals surface area contributed by atoms with Gasteiger partial charge in [-0.3, -0.25) is 0 Å². The van der Waals surface area contributed by atoms with Crippen LogP contribution in [0.2, 0.25) is 0 Å². The summed E-state index contributed by atoms with van der Waals surface area (Å²) >= 11 is 0. The largest absolute Gasteiger partial charge is 0.317 e. The highest BCUT2D eigenvalue weighted by molar-refractivity contribution is 4.57. The van der Waals surface area contributed by atoms with Gasteiger partial charge in [0.2, 0.25) is 0 Å². The molecule has 0 bridgehead atoms. The van der Waals surface area contributed by atoms with Gasteiger partial charge in [-0.05, 0) is 77.5 Å². The lowest BCUT2D eigenvalue weighted by molar-refractivity contribution is 0.488. The molecule has 4 heteroatoms. The van der Waals surface area contributed by atoms with E-state index in [1.165, 1.54) is 25.7 Å². The van der Waals surface area contributed by atoms with Crippen LogP contribution in [0.15, 0.2) is 0 Å². The van der Waals surface area contributed by atoms with Crippen molar-refractivity contribution < 1.29 is 0 Å². The molecule has 4 nitrogen and oxygen atoms in total. The maximum atomic E-state index is 3.51. The van der Waals surface area contributed by atoms with E-state index in [9.17, 15) is 0 Å². The Bertz CT molecular complexity index is 176. The Morgan fingerprint density at radius 2 is 1.10 bits per heavy atom. The third kappa shape index (κ3) is 15.9. The van der Waals surface area contributed by atoms with Gasteiger partial charge in [-0.15, -0.1) is 0 Å². The highest BCUT2D eigenvalue weighted by atomic mass is 14.9. The summed E-state index contributed by atoms with van der Waals surface area (Å²) in [4.78, 5) is 0. The van der Waals surface area contributed by atoms with Crippen molar-refractivity contribution in [2.75, 3.05) is 52.4 Å². The predicted molar refractivity (Wildman–Crippen MR) is 90.5 cm³/mol. The molecule has 0 aromatic rings. The van der Waals surface area contributed by atoms with E-state index < -0.39 is 0 Å². The average molecular weight is 287 g/mol. The van der Waals surface area contributed by atoms with Gasteiger partial charge in [-0.25, -0.2) is 0 Å². The second kappa shape index (κ2) is 16.9. The summed E-state index contributed by atoms with van der Waals surface area (Å²) in [6, 6.07) is 0.